The molecule has 0 radical (unpaired) electrons. The van der Waals surface area contributed by atoms with Gasteiger partial charge in [0.2, 0.25) is 0 Å². The van der Waals surface area contributed by atoms with Gasteiger partial charge >= 0.3 is 0 Å². The van der Waals surface area contributed by atoms with Crippen LogP contribution in [-0.2, 0) is 4.74 Å². The molecule has 96 valence electrons. The molecule has 0 amide bonds. The molecule has 1 aromatic carbocycles. The molecule has 3 rings (SSSR count). The van der Waals surface area contributed by atoms with Crippen molar-refractivity contribution in [1.29, 1.82) is 0 Å². The Kier molecular flexibility index (Phi) is 2.68. The minimum atomic E-state index is -0.398. The van der Waals surface area contributed by atoms with E-state index in [4.69, 9.17) is 10.5 Å². The molecule has 1 heterocycles. The standard InChI is InChI=1S/C14H12N2O3/c15-8-14-11-4-2-1-3-10(11)12-7-9(16(17)18)5-6-13(12)19-14/h1-7,13H,8,15H2. The van der Waals surface area contributed by atoms with E-state index in [-0.39, 0.29) is 11.8 Å². The largest absolute Gasteiger partial charge is 0.484 e. The lowest BCUT2D eigenvalue weighted by molar-refractivity contribution is -0.419. The van der Waals surface area contributed by atoms with Crippen LogP contribution in [0, 0.1) is 10.1 Å². The fraction of sp³-hybridized carbons (Fsp3) is 0.143. The summed E-state index contributed by atoms with van der Waals surface area (Å²) in [7, 11) is 0. The molecule has 0 spiro atoms. The van der Waals surface area contributed by atoms with Gasteiger partial charge in [0.25, 0.3) is 5.70 Å². The fourth-order valence-electron chi connectivity index (χ4n) is 2.38. The lowest BCUT2D eigenvalue weighted by Crippen LogP contribution is -2.40. The molecule has 0 aromatic heterocycles. The zero-order valence-corrected chi connectivity index (χ0v) is 10.1. The van der Waals surface area contributed by atoms with E-state index < -0.39 is 4.92 Å². The first kappa shape index (κ1) is 11.7. The zero-order chi connectivity index (χ0) is 13.4. The molecule has 0 bridgehead atoms. The van der Waals surface area contributed by atoms with Crippen molar-refractivity contribution in [3.8, 4) is 0 Å². The molecule has 5 nitrogen and oxygen atoms in total. The number of rotatable bonds is 2. The second kappa shape index (κ2) is 4.37. The van der Waals surface area contributed by atoms with Crippen LogP contribution in [0.5, 0.6) is 0 Å². The minimum absolute atomic E-state index is 0.0702. The molecule has 1 unspecified atom stereocenters. The highest BCUT2D eigenvalue weighted by atomic mass is 16.6. The van der Waals surface area contributed by atoms with Gasteiger partial charge in [0.05, 0.1) is 11.5 Å². The first-order valence-corrected chi connectivity index (χ1v) is 5.94. The highest BCUT2D eigenvalue weighted by Crippen LogP contribution is 2.23. The molecule has 0 saturated carbocycles. The highest BCUT2D eigenvalue weighted by molar-refractivity contribution is 5.70. The molecule has 19 heavy (non-hydrogen) atoms. The van der Waals surface area contributed by atoms with E-state index >= 15 is 0 Å². The lowest BCUT2D eigenvalue weighted by atomic mass is 9.96. The van der Waals surface area contributed by atoms with Gasteiger partial charge in [0.1, 0.15) is 11.9 Å². The number of allylic oxidation sites excluding steroid dienone is 1. The van der Waals surface area contributed by atoms with Crippen molar-refractivity contribution in [3.05, 3.63) is 68.7 Å². The number of hydrogen-bond donors (Lipinski definition) is 1. The maximum absolute atomic E-state index is 10.9. The van der Waals surface area contributed by atoms with E-state index in [0.29, 0.717) is 12.3 Å². The van der Waals surface area contributed by atoms with Gasteiger partial charge in [0.15, 0.2) is 0 Å². The van der Waals surface area contributed by atoms with Crippen LogP contribution in [0.25, 0.3) is 11.3 Å². The zero-order valence-electron chi connectivity index (χ0n) is 10.1. The van der Waals surface area contributed by atoms with E-state index in [1.165, 1.54) is 6.08 Å². The summed E-state index contributed by atoms with van der Waals surface area (Å²) < 4.78 is 5.79. The van der Waals surface area contributed by atoms with Crippen molar-refractivity contribution in [1.82, 2.24) is 0 Å². The SMILES string of the molecule is NCC1=c2ccccc2=C2C=C([N+](=O)[O-])C=CC2O1. The second-order valence-electron chi connectivity index (χ2n) is 4.35. The van der Waals surface area contributed by atoms with Crippen molar-refractivity contribution >= 4 is 11.3 Å². The Morgan fingerprint density at radius 1 is 1.32 bits per heavy atom. The van der Waals surface area contributed by atoms with Gasteiger partial charge in [-0.05, 0) is 11.3 Å². The van der Waals surface area contributed by atoms with Crippen molar-refractivity contribution in [2.45, 2.75) is 6.10 Å². The third-order valence-electron chi connectivity index (χ3n) is 3.26. The smallest absolute Gasteiger partial charge is 0.269 e. The van der Waals surface area contributed by atoms with Gasteiger partial charge in [-0.2, -0.15) is 0 Å². The first-order chi connectivity index (χ1) is 9.20. The Balaban J connectivity index is 2.34. The first-order valence-electron chi connectivity index (χ1n) is 5.94. The van der Waals surface area contributed by atoms with E-state index in [9.17, 15) is 10.1 Å². The summed E-state index contributed by atoms with van der Waals surface area (Å²) in [5.74, 6) is 0.715. The summed E-state index contributed by atoms with van der Waals surface area (Å²) in [6.07, 6.45) is 4.43. The van der Waals surface area contributed by atoms with E-state index in [2.05, 4.69) is 0 Å². The molecule has 5 heteroatoms. The van der Waals surface area contributed by atoms with Crippen molar-refractivity contribution in [3.63, 3.8) is 0 Å². The second-order valence-corrected chi connectivity index (χ2v) is 4.35. The number of nitrogens with zero attached hydrogens (tertiary/aromatic N) is 1. The molecule has 0 fully saturated rings. The molecule has 1 aliphatic carbocycles. The van der Waals surface area contributed by atoms with Crippen LogP contribution in [0.15, 0.2) is 48.2 Å². The van der Waals surface area contributed by atoms with E-state index in [1.807, 2.05) is 24.3 Å². The van der Waals surface area contributed by atoms with Gasteiger partial charge in [-0.3, -0.25) is 10.1 Å². The van der Waals surface area contributed by atoms with E-state index in [0.717, 1.165) is 16.0 Å². The predicted octanol–water partition coefficient (Wildman–Crippen LogP) is 0.0334. The summed E-state index contributed by atoms with van der Waals surface area (Å²) >= 11 is 0. The fourth-order valence-corrected chi connectivity index (χ4v) is 2.38. The van der Waals surface area contributed by atoms with Crippen molar-refractivity contribution in [2.24, 2.45) is 5.73 Å². The molecule has 0 saturated heterocycles. The van der Waals surface area contributed by atoms with Crippen LogP contribution < -0.4 is 16.2 Å². The third kappa shape index (κ3) is 1.84. The van der Waals surface area contributed by atoms with E-state index in [1.54, 1.807) is 12.2 Å². The Bertz CT molecular complexity index is 731. The van der Waals surface area contributed by atoms with Crippen LogP contribution >= 0.6 is 0 Å². The van der Waals surface area contributed by atoms with Crippen LogP contribution in [0.3, 0.4) is 0 Å². The van der Waals surface area contributed by atoms with Gasteiger partial charge in [-0.1, -0.05) is 24.3 Å². The number of nitro groups is 1. The summed E-state index contributed by atoms with van der Waals surface area (Å²) in [5.41, 5.74) is 6.57. The van der Waals surface area contributed by atoms with Crippen LogP contribution in [-0.4, -0.2) is 17.6 Å². The summed E-state index contributed by atoms with van der Waals surface area (Å²) in [4.78, 5) is 10.5. The van der Waals surface area contributed by atoms with Gasteiger partial charge < -0.3 is 10.5 Å². The van der Waals surface area contributed by atoms with Gasteiger partial charge in [0, 0.05) is 22.9 Å². The molecule has 2 N–H and O–H groups in total. The number of fused-ring (bicyclic) bond motifs is 2. The summed E-state index contributed by atoms with van der Waals surface area (Å²) in [6.45, 7) is 0.306. The van der Waals surface area contributed by atoms with Gasteiger partial charge in [-0.15, -0.1) is 0 Å². The lowest BCUT2D eigenvalue weighted by Gasteiger charge is -2.24. The Labute approximate surface area is 109 Å². The normalized spacial score (nSPS) is 20.3. The van der Waals surface area contributed by atoms with Crippen molar-refractivity contribution < 1.29 is 9.66 Å². The Morgan fingerprint density at radius 2 is 2.05 bits per heavy atom. The van der Waals surface area contributed by atoms with Crippen molar-refractivity contribution in [2.75, 3.05) is 6.54 Å². The average Bonchev–Trinajstić information content (AvgIpc) is 2.45. The minimum Gasteiger partial charge on any atom is -0.484 e. The molecular weight excluding hydrogens is 244 g/mol. The van der Waals surface area contributed by atoms with Crippen LogP contribution in [0.4, 0.5) is 0 Å². The number of hydrogen-bond acceptors (Lipinski definition) is 4. The average molecular weight is 256 g/mol. The molecule has 2 aliphatic rings. The maximum Gasteiger partial charge on any atom is 0.269 e. The number of ether oxygens (including phenoxy) is 1. The maximum atomic E-state index is 10.9. The highest BCUT2D eigenvalue weighted by Gasteiger charge is 2.25. The monoisotopic (exact) mass is 256 g/mol. The summed E-state index contributed by atoms with van der Waals surface area (Å²) in [5, 5.41) is 12.7. The molecular formula is C14H12N2O3. The number of benzene rings is 1. The molecule has 1 atom stereocenters. The molecule has 1 aliphatic heterocycles. The van der Waals surface area contributed by atoms with Gasteiger partial charge in [-0.25, -0.2) is 0 Å². The summed E-state index contributed by atoms with van der Waals surface area (Å²) in [6, 6.07) is 7.65. The third-order valence-corrected chi connectivity index (χ3v) is 3.26. The predicted molar refractivity (Wildman–Crippen MR) is 70.7 cm³/mol. The quantitative estimate of drug-likeness (QED) is 0.598. The molecule has 1 aromatic rings. The van der Waals surface area contributed by atoms with Crippen LogP contribution in [0.2, 0.25) is 0 Å². The Morgan fingerprint density at radius 3 is 2.74 bits per heavy atom. The van der Waals surface area contributed by atoms with Crippen LogP contribution in [0.1, 0.15) is 0 Å². The Hall–Kier alpha value is -2.40. The number of nitrogens with two attached hydrogens (primary N) is 1. The topological polar surface area (TPSA) is 78.4 Å².